The molecule has 2 nitrogen and oxygen atoms in total. The van der Waals surface area contributed by atoms with E-state index in [1.165, 1.54) is 43.2 Å². The fraction of sp³-hybridized carbons (Fsp3) is 0.421. The summed E-state index contributed by atoms with van der Waals surface area (Å²) in [4.78, 5) is 4.04. The maximum absolute atomic E-state index is 5.79. The Labute approximate surface area is 128 Å². The Morgan fingerprint density at radius 3 is 2.10 bits per heavy atom. The molecule has 0 amide bonds. The smallest absolute Gasteiger partial charge is 0.119 e. The van der Waals surface area contributed by atoms with E-state index < -0.39 is 0 Å². The molecule has 0 aliphatic rings. The van der Waals surface area contributed by atoms with Crippen molar-refractivity contribution in [2.45, 2.75) is 45.4 Å². The van der Waals surface area contributed by atoms with Crippen LogP contribution in [0.5, 0.6) is 5.75 Å². The van der Waals surface area contributed by atoms with Gasteiger partial charge in [0.25, 0.3) is 0 Å². The molecule has 21 heavy (non-hydrogen) atoms. The van der Waals surface area contributed by atoms with Crippen molar-refractivity contribution in [1.29, 1.82) is 0 Å². The summed E-state index contributed by atoms with van der Waals surface area (Å²) in [5, 5.41) is 0. The number of rotatable bonds is 9. The van der Waals surface area contributed by atoms with Crippen LogP contribution in [0.25, 0.3) is 11.1 Å². The molecule has 0 aliphatic carbocycles. The molecule has 0 bridgehead atoms. The van der Waals surface area contributed by atoms with Crippen LogP contribution in [0, 0.1) is 0 Å². The van der Waals surface area contributed by atoms with Crippen molar-refractivity contribution < 1.29 is 4.74 Å². The van der Waals surface area contributed by atoms with Crippen LogP contribution in [0.2, 0.25) is 0 Å². The molecule has 2 aromatic rings. The zero-order valence-electron chi connectivity index (χ0n) is 12.9. The van der Waals surface area contributed by atoms with Crippen molar-refractivity contribution in [3.8, 4) is 16.9 Å². The summed E-state index contributed by atoms with van der Waals surface area (Å²) >= 11 is 0. The van der Waals surface area contributed by atoms with E-state index in [-0.39, 0.29) is 0 Å². The van der Waals surface area contributed by atoms with Gasteiger partial charge in [-0.05, 0) is 41.8 Å². The van der Waals surface area contributed by atoms with Gasteiger partial charge in [-0.2, -0.15) is 0 Å². The van der Waals surface area contributed by atoms with Crippen LogP contribution in [0.1, 0.15) is 45.4 Å². The summed E-state index contributed by atoms with van der Waals surface area (Å²) in [7, 11) is 0. The van der Waals surface area contributed by atoms with Crippen molar-refractivity contribution in [3.05, 3.63) is 48.8 Å². The van der Waals surface area contributed by atoms with Crippen molar-refractivity contribution in [2.24, 2.45) is 0 Å². The Morgan fingerprint density at radius 2 is 1.38 bits per heavy atom. The van der Waals surface area contributed by atoms with Gasteiger partial charge in [-0.25, -0.2) is 0 Å². The second kappa shape index (κ2) is 9.17. The summed E-state index contributed by atoms with van der Waals surface area (Å²) in [6.45, 7) is 3.07. The maximum Gasteiger partial charge on any atom is 0.119 e. The van der Waals surface area contributed by atoms with Crippen LogP contribution < -0.4 is 4.74 Å². The van der Waals surface area contributed by atoms with Gasteiger partial charge in [-0.15, -0.1) is 0 Å². The van der Waals surface area contributed by atoms with Gasteiger partial charge in [0.1, 0.15) is 5.75 Å². The lowest BCUT2D eigenvalue weighted by atomic mass is 10.1. The first-order valence-electron chi connectivity index (χ1n) is 8.03. The third-order valence-electron chi connectivity index (χ3n) is 3.63. The summed E-state index contributed by atoms with van der Waals surface area (Å²) in [6, 6.07) is 12.3. The van der Waals surface area contributed by atoms with Crippen LogP contribution in [0.4, 0.5) is 0 Å². The second-order valence-electron chi connectivity index (χ2n) is 5.38. The summed E-state index contributed by atoms with van der Waals surface area (Å²) in [5.74, 6) is 0.960. The minimum Gasteiger partial charge on any atom is -0.494 e. The lowest BCUT2D eigenvalue weighted by Crippen LogP contribution is -1.97. The van der Waals surface area contributed by atoms with E-state index in [0.717, 1.165) is 18.8 Å². The molecule has 0 fully saturated rings. The second-order valence-corrected chi connectivity index (χ2v) is 5.38. The molecule has 1 aromatic heterocycles. The lowest BCUT2D eigenvalue weighted by Gasteiger charge is -2.07. The van der Waals surface area contributed by atoms with Gasteiger partial charge >= 0.3 is 0 Å². The molecule has 0 spiro atoms. The number of nitrogens with zero attached hydrogens (tertiary/aromatic N) is 1. The van der Waals surface area contributed by atoms with E-state index in [9.17, 15) is 0 Å². The first-order chi connectivity index (χ1) is 10.4. The monoisotopic (exact) mass is 283 g/mol. The Bertz CT molecular complexity index is 493. The highest BCUT2D eigenvalue weighted by Gasteiger charge is 1.98. The fourth-order valence-electron chi connectivity index (χ4n) is 2.36. The summed E-state index contributed by atoms with van der Waals surface area (Å²) in [6.07, 6.45) is 11.4. The number of pyridine rings is 1. The normalized spacial score (nSPS) is 10.5. The molecule has 0 saturated heterocycles. The molecule has 0 unspecified atom stereocenters. The predicted molar refractivity (Wildman–Crippen MR) is 88.5 cm³/mol. The number of hydrogen-bond donors (Lipinski definition) is 0. The zero-order valence-corrected chi connectivity index (χ0v) is 12.9. The van der Waals surface area contributed by atoms with E-state index in [4.69, 9.17) is 4.74 Å². The highest BCUT2D eigenvalue weighted by Crippen LogP contribution is 2.21. The average molecular weight is 283 g/mol. The predicted octanol–water partition coefficient (Wildman–Crippen LogP) is 5.49. The molecule has 2 heteroatoms. The minimum atomic E-state index is 0.820. The first kappa shape index (κ1) is 15.6. The molecule has 2 rings (SSSR count). The van der Waals surface area contributed by atoms with Gasteiger partial charge in [-0.1, -0.05) is 51.2 Å². The maximum atomic E-state index is 5.79. The van der Waals surface area contributed by atoms with Gasteiger partial charge in [0.2, 0.25) is 0 Å². The molecule has 112 valence electrons. The fourth-order valence-corrected chi connectivity index (χ4v) is 2.36. The Morgan fingerprint density at radius 1 is 0.762 bits per heavy atom. The van der Waals surface area contributed by atoms with E-state index in [2.05, 4.69) is 24.0 Å². The van der Waals surface area contributed by atoms with E-state index >= 15 is 0 Å². The van der Waals surface area contributed by atoms with Crippen LogP contribution in [0.15, 0.2) is 48.8 Å². The summed E-state index contributed by atoms with van der Waals surface area (Å²) in [5.41, 5.74) is 2.39. The highest BCUT2D eigenvalue weighted by molar-refractivity contribution is 5.63. The van der Waals surface area contributed by atoms with Crippen molar-refractivity contribution >= 4 is 0 Å². The Hall–Kier alpha value is -1.83. The van der Waals surface area contributed by atoms with Crippen LogP contribution >= 0.6 is 0 Å². The van der Waals surface area contributed by atoms with Gasteiger partial charge in [0.05, 0.1) is 6.61 Å². The van der Waals surface area contributed by atoms with Gasteiger partial charge in [0, 0.05) is 12.4 Å². The summed E-state index contributed by atoms with van der Waals surface area (Å²) < 4.78 is 5.79. The lowest BCUT2D eigenvalue weighted by molar-refractivity contribution is 0.304. The molecule has 0 atom stereocenters. The van der Waals surface area contributed by atoms with Crippen molar-refractivity contribution in [3.63, 3.8) is 0 Å². The SMILES string of the molecule is CCCCCCCCOc1ccc(-c2ccncc2)cc1. The molecule has 0 saturated carbocycles. The van der Waals surface area contributed by atoms with Crippen molar-refractivity contribution in [2.75, 3.05) is 6.61 Å². The molecule has 0 aliphatic heterocycles. The van der Waals surface area contributed by atoms with Gasteiger partial charge in [-0.3, -0.25) is 4.98 Å². The molecule has 1 aromatic carbocycles. The molecule has 0 N–H and O–H groups in total. The third-order valence-corrected chi connectivity index (χ3v) is 3.63. The van der Waals surface area contributed by atoms with Gasteiger partial charge in [0.15, 0.2) is 0 Å². The number of aromatic nitrogens is 1. The third kappa shape index (κ3) is 5.58. The van der Waals surface area contributed by atoms with Crippen LogP contribution in [0.3, 0.4) is 0 Å². The molecular weight excluding hydrogens is 258 g/mol. The van der Waals surface area contributed by atoms with Crippen molar-refractivity contribution in [1.82, 2.24) is 4.98 Å². The van der Waals surface area contributed by atoms with Gasteiger partial charge < -0.3 is 4.74 Å². The average Bonchev–Trinajstić information content (AvgIpc) is 2.55. The first-order valence-corrected chi connectivity index (χ1v) is 8.03. The van der Waals surface area contributed by atoms with E-state index in [0.29, 0.717) is 0 Å². The van der Waals surface area contributed by atoms with Crippen LogP contribution in [-0.4, -0.2) is 11.6 Å². The minimum absolute atomic E-state index is 0.820. The van der Waals surface area contributed by atoms with Crippen LogP contribution in [-0.2, 0) is 0 Å². The number of benzene rings is 1. The topological polar surface area (TPSA) is 22.1 Å². The number of ether oxygens (including phenoxy) is 1. The highest BCUT2D eigenvalue weighted by atomic mass is 16.5. The van der Waals surface area contributed by atoms with E-state index in [1.54, 1.807) is 0 Å². The standard InChI is InChI=1S/C19H25NO/c1-2-3-4-5-6-7-16-21-19-10-8-17(9-11-19)18-12-14-20-15-13-18/h8-15H,2-7,16H2,1H3. The van der Waals surface area contributed by atoms with E-state index in [1.807, 2.05) is 36.7 Å². The number of hydrogen-bond acceptors (Lipinski definition) is 2. The zero-order chi connectivity index (χ0) is 14.8. The Kier molecular flexibility index (Phi) is 6.79. The Balaban J connectivity index is 1.71. The molecular formula is C19H25NO. The molecule has 1 heterocycles. The molecule has 0 radical (unpaired) electrons. The largest absolute Gasteiger partial charge is 0.494 e. The number of unbranched alkanes of at least 4 members (excludes halogenated alkanes) is 5. The quantitative estimate of drug-likeness (QED) is 0.568.